The van der Waals surface area contributed by atoms with E-state index in [1.165, 1.54) is 12.8 Å². The van der Waals surface area contributed by atoms with Crippen molar-refractivity contribution < 1.29 is 4.79 Å². The molecule has 0 aliphatic heterocycles. The third kappa shape index (κ3) is 7.88. The van der Waals surface area contributed by atoms with Crippen LogP contribution in [-0.2, 0) is 0 Å². The fourth-order valence-corrected chi connectivity index (χ4v) is 3.54. The Morgan fingerprint density at radius 2 is 1.91 bits per heavy atom. The van der Waals surface area contributed by atoms with Gasteiger partial charge in [0, 0.05) is 31.0 Å². The van der Waals surface area contributed by atoms with Gasteiger partial charge in [-0.3, -0.25) is 4.79 Å². The van der Waals surface area contributed by atoms with Gasteiger partial charge in [-0.15, -0.1) is 0 Å². The summed E-state index contributed by atoms with van der Waals surface area (Å²) >= 11 is 0. The van der Waals surface area contributed by atoms with Crippen LogP contribution >= 0.6 is 0 Å². The number of anilines is 3. The summed E-state index contributed by atoms with van der Waals surface area (Å²) in [4.78, 5) is 23.6. The van der Waals surface area contributed by atoms with Gasteiger partial charge in [0.15, 0.2) is 0 Å². The molecule has 2 aromatic rings. The number of allylic oxidation sites excluding steroid dienone is 2. The van der Waals surface area contributed by atoms with Crippen molar-refractivity contribution in [1.29, 1.82) is 0 Å². The monoisotopic (exact) mass is 463 g/mol. The van der Waals surface area contributed by atoms with Crippen molar-refractivity contribution in [3.8, 4) is 0 Å². The van der Waals surface area contributed by atoms with Crippen LogP contribution in [0.1, 0.15) is 43.5 Å². The largest absolute Gasteiger partial charge is 0.375 e. The second-order valence-corrected chi connectivity index (χ2v) is 8.39. The average Bonchev–Trinajstić information content (AvgIpc) is 3.70. The molecule has 0 spiro atoms. The molecular formula is C26H37N7O. The number of aromatic nitrogens is 2. The second-order valence-electron chi connectivity index (χ2n) is 8.39. The summed E-state index contributed by atoms with van der Waals surface area (Å²) in [5.41, 5.74) is 2.56. The highest BCUT2D eigenvalue weighted by Crippen LogP contribution is 2.36. The Balaban J connectivity index is 1.52. The Bertz CT molecular complexity index is 979. The summed E-state index contributed by atoms with van der Waals surface area (Å²) in [7, 11) is 1.86. The van der Waals surface area contributed by atoms with Crippen LogP contribution in [0.25, 0.3) is 0 Å². The maximum Gasteiger partial charge on any atom is 0.251 e. The number of nitrogens with zero attached hydrogens (tertiary/aromatic N) is 3. The minimum Gasteiger partial charge on any atom is -0.375 e. The maximum atomic E-state index is 12.4. The van der Waals surface area contributed by atoms with E-state index in [0.717, 1.165) is 43.1 Å². The lowest BCUT2D eigenvalue weighted by Crippen LogP contribution is -2.29. The summed E-state index contributed by atoms with van der Waals surface area (Å²) in [5.74, 6) is 2.52. The van der Waals surface area contributed by atoms with Crippen LogP contribution in [0.4, 0.5) is 17.5 Å². The molecule has 1 fully saturated rings. The van der Waals surface area contributed by atoms with Crippen LogP contribution < -0.4 is 21.3 Å². The number of carbonyl (C=O) groups excluding carboxylic acids is 1. The van der Waals surface area contributed by atoms with E-state index in [9.17, 15) is 4.79 Å². The molecule has 1 heterocycles. The number of hydrogen-bond acceptors (Lipinski definition) is 7. The minimum absolute atomic E-state index is 0.0623. The SMILES string of the molecule is C=C(/C=C(\NC)Nc1ccnc(Nc2ccc(C(=O)NCCCN(CC)CC)cc2)n1)C1CC1. The molecule has 182 valence electrons. The smallest absolute Gasteiger partial charge is 0.251 e. The van der Waals surface area contributed by atoms with Gasteiger partial charge < -0.3 is 26.2 Å². The fraction of sp³-hybridized carbons (Fsp3) is 0.423. The zero-order valence-electron chi connectivity index (χ0n) is 20.5. The highest BCUT2D eigenvalue weighted by atomic mass is 16.1. The first-order chi connectivity index (χ1) is 16.5. The minimum atomic E-state index is -0.0623. The first-order valence-electron chi connectivity index (χ1n) is 12.1. The van der Waals surface area contributed by atoms with Gasteiger partial charge in [-0.2, -0.15) is 4.98 Å². The molecule has 1 aromatic heterocycles. The van der Waals surface area contributed by atoms with E-state index in [-0.39, 0.29) is 5.91 Å². The number of hydrogen-bond donors (Lipinski definition) is 4. The molecule has 3 rings (SSSR count). The van der Waals surface area contributed by atoms with Crippen molar-refractivity contribution in [2.24, 2.45) is 5.92 Å². The molecule has 1 aromatic carbocycles. The van der Waals surface area contributed by atoms with Gasteiger partial charge in [0.2, 0.25) is 5.95 Å². The number of amides is 1. The van der Waals surface area contributed by atoms with E-state index in [0.29, 0.717) is 29.8 Å². The van der Waals surface area contributed by atoms with Gasteiger partial charge in [0.1, 0.15) is 11.6 Å². The van der Waals surface area contributed by atoms with Gasteiger partial charge in [0.25, 0.3) is 5.91 Å². The molecule has 0 atom stereocenters. The summed E-state index contributed by atoms with van der Waals surface area (Å²) in [6.07, 6.45) is 7.09. The Labute approximate surface area is 203 Å². The van der Waals surface area contributed by atoms with E-state index in [1.54, 1.807) is 18.3 Å². The average molecular weight is 464 g/mol. The van der Waals surface area contributed by atoms with Crippen molar-refractivity contribution in [2.45, 2.75) is 33.1 Å². The van der Waals surface area contributed by atoms with Gasteiger partial charge in [-0.05, 0) is 86.8 Å². The summed E-state index contributed by atoms with van der Waals surface area (Å²) in [6, 6.07) is 9.12. The van der Waals surface area contributed by atoms with Crippen LogP contribution in [0.15, 0.2) is 60.6 Å². The molecule has 34 heavy (non-hydrogen) atoms. The van der Waals surface area contributed by atoms with E-state index < -0.39 is 0 Å². The molecule has 1 aliphatic rings. The lowest BCUT2D eigenvalue weighted by molar-refractivity contribution is 0.0952. The lowest BCUT2D eigenvalue weighted by Gasteiger charge is -2.17. The molecule has 0 unspecified atom stereocenters. The quantitative estimate of drug-likeness (QED) is 0.247. The zero-order valence-corrected chi connectivity index (χ0v) is 20.5. The third-order valence-electron chi connectivity index (χ3n) is 5.85. The maximum absolute atomic E-state index is 12.4. The molecular weight excluding hydrogens is 426 g/mol. The van der Waals surface area contributed by atoms with Crippen molar-refractivity contribution >= 4 is 23.4 Å². The molecule has 8 nitrogen and oxygen atoms in total. The fourth-order valence-electron chi connectivity index (χ4n) is 3.54. The van der Waals surface area contributed by atoms with Crippen molar-refractivity contribution in [3.63, 3.8) is 0 Å². The van der Waals surface area contributed by atoms with E-state index >= 15 is 0 Å². The van der Waals surface area contributed by atoms with Crippen LogP contribution in [0.2, 0.25) is 0 Å². The first-order valence-corrected chi connectivity index (χ1v) is 12.1. The first kappa shape index (κ1) is 25.2. The molecule has 4 N–H and O–H groups in total. The van der Waals surface area contributed by atoms with Crippen molar-refractivity contribution in [1.82, 2.24) is 25.5 Å². The van der Waals surface area contributed by atoms with E-state index in [4.69, 9.17) is 0 Å². The molecule has 1 aliphatic carbocycles. The van der Waals surface area contributed by atoms with Crippen LogP contribution in [0.5, 0.6) is 0 Å². The molecule has 0 radical (unpaired) electrons. The summed E-state index contributed by atoms with van der Waals surface area (Å²) in [6.45, 7) is 12.2. The van der Waals surface area contributed by atoms with Crippen LogP contribution in [-0.4, -0.2) is 54.0 Å². The predicted molar refractivity (Wildman–Crippen MR) is 139 cm³/mol. The van der Waals surface area contributed by atoms with Gasteiger partial charge in [-0.1, -0.05) is 20.4 Å². The highest BCUT2D eigenvalue weighted by Gasteiger charge is 2.23. The van der Waals surface area contributed by atoms with E-state index in [2.05, 4.69) is 56.6 Å². The van der Waals surface area contributed by atoms with Crippen LogP contribution in [0, 0.1) is 5.92 Å². The lowest BCUT2D eigenvalue weighted by atomic mass is 10.2. The Kier molecular flexibility index (Phi) is 9.46. The standard InChI is InChI=1S/C26H37N7O/c1-5-33(6-2)17-7-15-28-25(34)21-10-12-22(13-11-21)30-26-29-16-14-23(32-26)31-24(27-4)18-19(3)20-8-9-20/h10-14,16,18,20,27H,3,5-9,15,17H2,1-2,4H3,(H,28,34)(H2,29,30,31,32)/b24-18+. The number of benzene rings is 1. The molecule has 0 bridgehead atoms. The van der Waals surface area contributed by atoms with E-state index in [1.807, 2.05) is 31.3 Å². The van der Waals surface area contributed by atoms with Gasteiger partial charge >= 0.3 is 0 Å². The van der Waals surface area contributed by atoms with Gasteiger partial charge in [0.05, 0.1) is 0 Å². The molecule has 1 amide bonds. The van der Waals surface area contributed by atoms with Gasteiger partial charge in [-0.25, -0.2) is 4.98 Å². The van der Waals surface area contributed by atoms with Crippen molar-refractivity contribution in [3.05, 3.63) is 66.1 Å². The molecule has 1 saturated carbocycles. The Hall–Kier alpha value is -3.39. The normalized spacial score (nSPS) is 13.5. The molecule has 8 heteroatoms. The number of nitrogens with one attached hydrogen (secondary N) is 4. The Morgan fingerprint density at radius 3 is 2.56 bits per heavy atom. The summed E-state index contributed by atoms with van der Waals surface area (Å²) in [5, 5.41) is 12.6. The van der Waals surface area contributed by atoms with Crippen LogP contribution in [0.3, 0.4) is 0 Å². The third-order valence-corrected chi connectivity index (χ3v) is 5.85. The zero-order chi connectivity index (χ0) is 24.3. The summed E-state index contributed by atoms with van der Waals surface area (Å²) < 4.78 is 0. The Morgan fingerprint density at radius 1 is 1.18 bits per heavy atom. The second kappa shape index (κ2) is 12.7. The number of carbonyl (C=O) groups is 1. The molecule has 0 saturated heterocycles. The highest BCUT2D eigenvalue weighted by molar-refractivity contribution is 5.94. The topological polar surface area (TPSA) is 94.2 Å². The predicted octanol–water partition coefficient (Wildman–Crippen LogP) is 4.12. The van der Waals surface area contributed by atoms with Crippen molar-refractivity contribution in [2.75, 3.05) is 43.9 Å². The number of rotatable bonds is 14.